The molecule has 1 saturated carbocycles. The number of amides is 1. The van der Waals surface area contributed by atoms with E-state index in [1.807, 2.05) is 18.2 Å². The molecule has 1 aromatic carbocycles. The fraction of sp³-hybridized carbons (Fsp3) is 0.611. The smallest absolute Gasteiger partial charge is 0.253 e. The Kier molecular flexibility index (Phi) is 5.27. The lowest BCUT2D eigenvalue weighted by Gasteiger charge is -2.27. The first-order chi connectivity index (χ1) is 9.97. The van der Waals surface area contributed by atoms with Gasteiger partial charge in [-0.15, -0.1) is 0 Å². The van der Waals surface area contributed by atoms with E-state index in [-0.39, 0.29) is 5.91 Å². The Morgan fingerprint density at radius 1 is 1.24 bits per heavy atom. The van der Waals surface area contributed by atoms with Gasteiger partial charge in [0.2, 0.25) is 0 Å². The van der Waals surface area contributed by atoms with E-state index in [0.29, 0.717) is 0 Å². The van der Waals surface area contributed by atoms with Crippen LogP contribution in [0.2, 0.25) is 0 Å². The minimum atomic E-state index is 0.0598. The fourth-order valence-electron chi connectivity index (χ4n) is 2.99. The third-order valence-corrected chi connectivity index (χ3v) is 4.61. The predicted molar refractivity (Wildman–Crippen MR) is 88.8 cm³/mol. The number of carbonyl (C=O) groups excluding carboxylic acids is 1. The lowest BCUT2D eigenvalue weighted by molar-refractivity contribution is 0.0827. The van der Waals surface area contributed by atoms with Crippen molar-refractivity contribution in [1.29, 1.82) is 0 Å². The molecule has 1 aromatic rings. The molecule has 1 aliphatic carbocycles. The number of benzene rings is 1. The Balaban J connectivity index is 1.99. The summed E-state index contributed by atoms with van der Waals surface area (Å²) in [5, 5.41) is 3.56. The van der Waals surface area contributed by atoms with Crippen LogP contribution >= 0.6 is 0 Å². The van der Waals surface area contributed by atoms with Crippen LogP contribution in [0, 0.1) is 18.8 Å². The number of anilines is 1. The summed E-state index contributed by atoms with van der Waals surface area (Å²) in [6.07, 6.45) is 5.35. The van der Waals surface area contributed by atoms with E-state index in [9.17, 15) is 4.79 Å². The van der Waals surface area contributed by atoms with Gasteiger partial charge in [0.05, 0.1) is 0 Å². The summed E-state index contributed by atoms with van der Waals surface area (Å²) < 4.78 is 0. The minimum Gasteiger partial charge on any atom is -0.385 e. The maximum absolute atomic E-state index is 12.0. The first kappa shape index (κ1) is 15.9. The molecule has 1 fully saturated rings. The molecule has 1 N–H and O–H groups in total. The van der Waals surface area contributed by atoms with E-state index in [1.54, 1.807) is 19.0 Å². The highest BCUT2D eigenvalue weighted by Crippen LogP contribution is 2.29. The SMILES string of the molecule is Cc1ccc(C(=O)N(C)C)cc1NCC1CCC(C)CC1. The van der Waals surface area contributed by atoms with Gasteiger partial charge in [-0.05, 0) is 49.3 Å². The van der Waals surface area contributed by atoms with Gasteiger partial charge >= 0.3 is 0 Å². The second-order valence-corrected chi connectivity index (χ2v) is 6.74. The molecular weight excluding hydrogens is 260 g/mol. The van der Waals surface area contributed by atoms with Gasteiger partial charge in [0.1, 0.15) is 0 Å². The number of hydrogen-bond donors (Lipinski definition) is 1. The first-order valence-corrected chi connectivity index (χ1v) is 8.03. The van der Waals surface area contributed by atoms with Gasteiger partial charge in [0.15, 0.2) is 0 Å². The molecule has 1 aliphatic rings. The van der Waals surface area contributed by atoms with Crippen molar-refractivity contribution in [2.24, 2.45) is 11.8 Å². The van der Waals surface area contributed by atoms with Gasteiger partial charge in [-0.2, -0.15) is 0 Å². The number of rotatable bonds is 4. The van der Waals surface area contributed by atoms with Crippen LogP contribution in [0.3, 0.4) is 0 Å². The lowest BCUT2D eigenvalue weighted by atomic mass is 9.83. The van der Waals surface area contributed by atoms with Crippen LogP contribution in [-0.4, -0.2) is 31.4 Å². The molecule has 0 radical (unpaired) electrons. The van der Waals surface area contributed by atoms with Gasteiger partial charge in [-0.1, -0.05) is 25.8 Å². The Hall–Kier alpha value is -1.51. The molecule has 1 amide bonds. The van der Waals surface area contributed by atoms with Crippen molar-refractivity contribution in [3.63, 3.8) is 0 Å². The van der Waals surface area contributed by atoms with Gasteiger partial charge in [-0.25, -0.2) is 0 Å². The van der Waals surface area contributed by atoms with E-state index >= 15 is 0 Å². The molecule has 116 valence electrons. The minimum absolute atomic E-state index is 0.0598. The molecule has 3 nitrogen and oxygen atoms in total. The van der Waals surface area contributed by atoms with Gasteiger partial charge in [0.25, 0.3) is 5.91 Å². The predicted octanol–water partition coefficient (Wildman–Crippen LogP) is 3.94. The number of aryl methyl sites for hydroxylation is 1. The molecule has 0 bridgehead atoms. The Morgan fingerprint density at radius 3 is 2.52 bits per heavy atom. The highest BCUT2D eigenvalue weighted by Gasteiger charge is 2.18. The first-order valence-electron chi connectivity index (χ1n) is 8.03. The summed E-state index contributed by atoms with van der Waals surface area (Å²) >= 11 is 0. The zero-order valence-corrected chi connectivity index (χ0v) is 13.8. The molecule has 0 aliphatic heterocycles. The van der Waals surface area contributed by atoms with Crippen LogP contribution in [0.5, 0.6) is 0 Å². The Labute approximate surface area is 128 Å². The Bertz CT molecular complexity index is 488. The van der Waals surface area contributed by atoms with Crippen molar-refractivity contribution in [2.75, 3.05) is 26.0 Å². The average Bonchev–Trinajstić information content (AvgIpc) is 2.47. The molecule has 3 heteroatoms. The van der Waals surface area contributed by atoms with E-state index in [1.165, 1.54) is 31.2 Å². The molecular formula is C18H28N2O. The molecule has 0 unspecified atom stereocenters. The highest BCUT2D eigenvalue weighted by atomic mass is 16.2. The van der Waals surface area contributed by atoms with Crippen molar-refractivity contribution in [2.45, 2.75) is 39.5 Å². The third kappa shape index (κ3) is 4.23. The normalized spacial score (nSPS) is 21.9. The molecule has 0 spiro atoms. The van der Waals surface area contributed by atoms with Gasteiger partial charge < -0.3 is 10.2 Å². The fourth-order valence-corrected chi connectivity index (χ4v) is 2.99. The highest BCUT2D eigenvalue weighted by molar-refractivity contribution is 5.95. The maximum Gasteiger partial charge on any atom is 0.253 e. The monoisotopic (exact) mass is 288 g/mol. The van der Waals surface area contributed by atoms with Crippen molar-refractivity contribution in [1.82, 2.24) is 4.90 Å². The maximum atomic E-state index is 12.0. The summed E-state index contributed by atoms with van der Waals surface area (Å²) in [4.78, 5) is 13.7. The van der Waals surface area contributed by atoms with Crippen LogP contribution in [-0.2, 0) is 0 Å². The second kappa shape index (κ2) is 6.97. The van der Waals surface area contributed by atoms with Crippen molar-refractivity contribution < 1.29 is 4.79 Å². The third-order valence-electron chi connectivity index (χ3n) is 4.61. The zero-order chi connectivity index (χ0) is 15.4. The number of nitrogens with zero attached hydrogens (tertiary/aromatic N) is 1. The Morgan fingerprint density at radius 2 is 1.90 bits per heavy atom. The van der Waals surface area contributed by atoms with Crippen LogP contribution in [0.25, 0.3) is 0 Å². The van der Waals surface area contributed by atoms with E-state index in [4.69, 9.17) is 0 Å². The quantitative estimate of drug-likeness (QED) is 0.910. The van der Waals surface area contributed by atoms with Crippen molar-refractivity contribution in [3.8, 4) is 0 Å². The van der Waals surface area contributed by atoms with E-state index < -0.39 is 0 Å². The topological polar surface area (TPSA) is 32.3 Å². The number of carbonyl (C=O) groups is 1. The standard InChI is InChI=1S/C18H28N2O/c1-13-5-8-15(9-6-13)12-19-17-11-16(10-7-14(17)2)18(21)20(3)4/h7,10-11,13,15,19H,5-6,8-9,12H2,1-4H3. The van der Waals surface area contributed by atoms with Crippen LogP contribution in [0.4, 0.5) is 5.69 Å². The van der Waals surface area contributed by atoms with Crippen molar-refractivity contribution in [3.05, 3.63) is 29.3 Å². The molecule has 0 atom stereocenters. The van der Waals surface area contributed by atoms with Crippen LogP contribution in [0.15, 0.2) is 18.2 Å². The summed E-state index contributed by atoms with van der Waals surface area (Å²) in [6, 6.07) is 5.93. The lowest BCUT2D eigenvalue weighted by Crippen LogP contribution is -2.22. The zero-order valence-electron chi connectivity index (χ0n) is 13.8. The summed E-state index contributed by atoms with van der Waals surface area (Å²) in [5.74, 6) is 1.72. The van der Waals surface area contributed by atoms with Crippen molar-refractivity contribution >= 4 is 11.6 Å². The van der Waals surface area contributed by atoms with E-state index in [0.717, 1.165) is 29.6 Å². The van der Waals surface area contributed by atoms with Gasteiger partial charge in [-0.3, -0.25) is 4.79 Å². The number of hydrogen-bond acceptors (Lipinski definition) is 2. The molecule has 2 rings (SSSR count). The van der Waals surface area contributed by atoms with E-state index in [2.05, 4.69) is 19.2 Å². The summed E-state index contributed by atoms with van der Waals surface area (Å²) in [5.41, 5.74) is 3.06. The van der Waals surface area contributed by atoms with Crippen LogP contribution in [0.1, 0.15) is 48.5 Å². The average molecular weight is 288 g/mol. The summed E-state index contributed by atoms with van der Waals surface area (Å²) in [7, 11) is 3.58. The largest absolute Gasteiger partial charge is 0.385 e. The van der Waals surface area contributed by atoms with Gasteiger partial charge in [0, 0.05) is 31.9 Å². The molecule has 21 heavy (non-hydrogen) atoms. The molecule has 0 aromatic heterocycles. The van der Waals surface area contributed by atoms with Crippen LogP contribution < -0.4 is 5.32 Å². The summed E-state index contributed by atoms with van der Waals surface area (Å²) in [6.45, 7) is 5.46. The molecule has 0 saturated heterocycles. The number of nitrogens with one attached hydrogen (secondary N) is 1. The molecule has 0 heterocycles. The second-order valence-electron chi connectivity index (χ2n) is 6.74.